The summed E-state index contributed by atoms with van der Waals surface area (Å²) in [4.78, 5) is 4.73. The molecular formula is C31H32FN3O. The first-order valence-corrected chi connectivity index (χ1v) is 12.7. The van der Waals surface area contributed by atoms with E-state index in [1.807, 2.05) is 66.9 Å². The standard InChI is InChI=1S/C31H32FN3O/c1-2-3-4-5-6-9-22-36-27-18-12-24(13-19-27)23-33-30-20-21-31(29-11-8-7-10-28(29)30)35-34-26-16-14-25(32)15-17-26/h7-8,10-21,23H,2-6,9,22H2,1H3. The van der Waals surface area contributed by atoms with Crippen molar-refractivity contribution in [2.24, 2.45) is 15.2 Å². The average molecular weight is 482 g/mol. The maximum atomic E-state index is 13.1. The molecule has 4 rings (SSSR count). The Kier molecular flexibility index (Phi) is 9.32. The van der Waals surface area contributed by atoms with Gasteiger partial charge in [0.15, 0.2) is 0 Å². The van der Waals surface area contributed by atoms with Gasteiger partial charge < -0.3 is 4.74 Å². The van der Waals surface area contributed by atoms with E-state index in [2.05, 4.69) is 17.2 Å². The van der Waals surface area contributed by atoms with Crippen molar-refractivity contribution in [2.45, 2.75) is 45.4 Å². The summed E-state index contributed by atoms with van der Waals surface area (Å²) in [6.45, 7) is 3.00. The predicted octanol–water partition coefficient (Wildman–Crippen LogP) is 9.88. The monoisotopic (exact) mass is 481 g/mol. The molecular weight excluding hydrogens is 449 g/mol. The summed E-state index contributed by atoms with van der Waals surface area (Å²) < 4.78 is 19.0. The lowest BCUT2D eigenvalue weighted by molar-refractivity contribution is 0.304. The molecule has 4 aromatic rings. The van der Waals surface area contributed by atoms with Gasteiger partial charge >= 0.3 is 0 Å². The minimum atomic E-state index is -0.294. The smallest absolute Gasteiger partial charge is 0.123 e. The first kappa shape index (κ1) is 25.2. The molecule has 0 aromatic heterocycles. The number of nitrogens with zero attached hydrogens (tertiary/aromatic N) is 3. The fraction of sp³-hybridized carbons (Fsp3) is 0.258. The van der Waals surface area contributed by atoms with Crippen LogP contribution in [0, 0.1) is 5.82 Å². The van der Waals surface area contributed by atoms with Gasteiger partial charge in [0.05, 0.1) is 23.7 Å². The zero-order valence-corrected chi connectivity index (χ0v) is 20.7. The number of hydrogen-bond acceptors (Lipinski definition) is 4. The van der Waals surface area contributed by atoms with Crippen LogP contribution in [0.4, 0.5) is 21.5 Å². The van der Waals surface area contributed by atoms with E-state index in [1.54, 1.807) is 12.1 Å². The lowest BCUT2D eigenvalue weighted by Crippen LogP contribution is -1.97. The molecule has 0 N–H and O–H groups in total. The highest BCUT2D eigenvalue weighted by Gasteiger charge is 2.05. The summed E-state index contributed by atoms with van der Waals surface area (Å²) in [6.07, 6.45) is 9.40. The minimum absolute atomic E-state index is 0.294. The summed E-state index contributed by atoms with van der Waals surface area (Å²) in [6, 6.07) is 25.8. The van der Waals surface area contributed by atoms with E-state index in [0.29, 0.717) is 5.69 Å². The van der Waals surface area contributed by atoms with Crippen molar-refractivity contribution in [3.05, 3.63) is 96.3 Å². The lowest BCUT2D eigenvalue weighted by Gasteiger charge is -2.07. The van der Waals surface area contributed by atoms with Crippen LogP contribution in [-0.2, 0) is 0 Å². The van der Waals surface area contributed by atoms with Gasteiger partial charge in [-0.25, -0.2) is 4.39 Å². The Morgan fingerprint density at radius 1 is 0.694 bits per heavy atom. The van der Waals surface area contributed by atoms with Crippen molar-refractivity contribution < 1.29 is 9.13 Å². The van der Waals surface area contributed by atoms with Gasteiger partial charge in [-0.2, -0.15) is 5.11 Å². The number of fused-ring (bicyclic) bond motifs is 1. The van der Waals surface area contributed by atoms with Crippen LogP contribution in [0.1, 0.15) is 51.0 Å². The molecule has 4 aromatic carbocycles. The van der Waals surface area contributed by atoms with E-state index >= 15 is 0 Å². The van der Waals surface area contributed by atoms with Crippen LogP contribution in [0.25, 0.3) is 10.8 Å². The Labute approximate surface area is 212 Å². The highest BCUT2D eigenvalue weighted by Crippen LogP contribution is 2.34. The zero-order chi connectivity index (χ0) is 25.0. The van der Waals surface area contributed by atoms with Crippen molar-refractivity contribution in [2.75, 3.05) is 6.61 Å². The van der Waals surface area contributed by atoms with Gasteiger partial charge in [0.2, 0.25) is 0 Å². The Hall–Kier alpha value is -3.86. The second-order valence-corrected chi connectivity index (χ2v) is 8.77. The molecule has 0 unspecified atom stereocenters. The van der Waals surface area contributed by atoms with Crippen molar-refractivity contribution in [1.29, 1.82) is 0 Å². The first-order valence-electron chi connectivity index (χ1n) is 12.7. The number of aliphatic imine (C=N–C) groups is 1. The summed E-state index contributed by atoms with van der Waals surface area (Å²) >= 11 is 0. The van der Waals surface area contributed by atoms with Crippen LogP contribution < -0.4 is 4.74 Å². The maximum Gasteiger partial charge on any atom is 0.123 e. The number of benzene rings is 4. The Bertz CT molecular complexity index is 1300. The third-order valence-electron chi connectivity index (χ3n) is 5.98. The van der Waals surface area contributed by atoms with Gasteiger partial charge in [-0.1, -0.05) is 63.3 Å². The quantitative estimate of drug-likeness (QED) is 0.113. The molecule has 184 valence electrons. The minimum Gasteiger partial charge on any atom is -0.494 e. The molecule has 4 nitrogen and oxygen atoms in total. The molecule has 0 aliphatic rings. The van der Waals surface area contributed by atoms with E-state index in [9.17, 15) is 4.39 Å². The molecule has 0 heterocycles. The Morgan fingerprint density at radius 2 is 1.36 bits per heavy atom. The van der Waals surface area contributed by atoms with E-state index in [1.165, 1.54) is 44.2 Å². The lowest BCUT2D eigenvalue weighted by atomic mass is 10.1. The summed E-state index contributed by atoms with van der Waals surface area (Å²) in [5.41, 5.74) is 3.20. The molecule has 0 aliphatic heterocycles. The molecule has 0 saturated heterocycles. The maximum absolute atomic E-state index is 13.1. The highest BCUT2D eigenvalue weighted by molar-refractivity contribution is 6.01. The molecule has 36 heavy (non-hydrogen) atoms. The molecule has 0 aliphatic carbocycles. The van der Waals surface area contributed by atoms with E-state index < -0.39 is 0 Å². The average Bonchev–Trinajstić information content (AvgIpc) is 2.92. The molecule has 0 radical (unpaired) electrons. The normalized spacial score (nSPS) is 11.6. The van der Waals surface area contributed by atoms with Crippen LogP contribution in [0.5, 0.6) is 5.75 Å². The molecule has 0 atom stereocenters. The number of unbranched alkanes of at least 4 members (excludes halogenated alkanes) is 5. The molecule has 0 amide bonds. The number of ether oxygens (including phenoxy) is 1. The number of hydrogen-bond donors (Lipinski definition) is 0. The van der Waals surface area contributed by atoms with Crippen molar-refractivity contribution in [3.63, 3.8) is 0 Å². The van der Waals surface area contributed by atoms with Crippen LogP contribution in [-0.4, -0.2) is 12.8 Å². The van der Waals surface area contributed by atoms with Gasteiger partial charge in [0.25, 0.3) is 0 Å². The third-order valence-corrected chi connectivity index (χ3v) is 5.98. The SMILES string of the molecule is CCCCCCCCOc1ccc(C=Nc2ccc(N=Nc3ccc(F)cc3)c3ccccc23)cc1. The van der Waals surface area contributed by atoms with Crippen LogP contribution in [0.2, 0.25) is 0 Å². The summed E-state index contributed by atoms with van der Waals surface area (Å²) in [5.74, 6) is 0.596. The van der Waals surface area contributed by atoms with Crippen molar-refractivity contribution >= 4 is 34.0 Å². The number of halogens is 1. The molecule has 5 heteroatoms. The third kappa shape index (κ3) is 7.32. The Balaban J connectivity index is 1.39. The van der Waals surface area contributed by atoms with Crippen LogP contribution >= 0.6 is 0 Å². The highest BCUT2D eigenvalue weighted by atomic mass is 19.1. The van der Waals surface area contributed by atoms with Gasteiger partial charge in [-0.3, -0.25) is 4.99 Å². The molecule has 0 fully saturated rings. The van der Waals surface area contributed by atoms with Crippen molar-refractivity contribution in [1.82, 2.24) is 0 Å². The van der Waals surface area contributed by atoms with Crippen LogP contribution in [0.15, 0.2) is 100 Å². The second-order valence-electron chi connectivity index (χ2n) is 8.77. The van der Waals surface area contributed by atoms with Gasteiger partial charge in [0.1, 0.15) is 11.6 Å². The summed E-state index contributed by atoms with van der Waals surface area (Å²) in [5, 5.41) is 10.6. The van der Waals surface area contributed by atoms with Gasteiger partial charge in [-0.05, 0) is 72.6 Å². The van der Waals surface area contributed by atoms with Crippen LogP contribution in [0.3, 0.4) is 0 Å². The number of azo groups is 1. The van der Waals surface area contributed by atoms with E-state index in [4.69, 9.17) is 9.73 Å². The second kappa shape index (κ2) is 13.3. The number of rotatable bonds is 12. The summed E-state index contributed by atoms with van der Waals surface area (Å²) in [7, 11) is 0. The Morgan fingerprint density at radius 3 is 2.11 bits per heavy atom. The predicted molar refractivity (Wildman–Crippen MR) is 147 cm³/mol. The topological polar surface area (TPSA) is 46.3 Å². The van der Waals surface area contributed by atoms with Gasteiger partial charge in [-0.15, -0.1) is 5.11 Å². The fourth-order valence-electron chi connectivity index (χ4n) is 3.95. The van der Waals surface area contributed by atoms with E-state index in [0.717, 1.165) is 46.5 Å². The van der Waals surface area contributed by atoms with E-state index in [-0.39, 0.29) is 5.82 Å². The molecule has 0 bridgehead atoms. The van der Waals surface area contributed by atoms with Crippen molar-refractivity contribution in [3.8, 4) is 5.75 Å². The van der Waals surface area contributed by atoms with Gasteiger partial charge in [0, 0.05) is 17.0 Å². The first-order chi connectivity index (χ1) is 17.7. The zero-order valence-electron chi connectivity index (χ0n) is 20.7. The molecule has 0 saturated carbocycles. The fourth-order valence-corrected chi connectivity index (χ4v) is 3.95. The molecule has 0 spiro atoms. The largest absolute Gasteiger partial charge is 0.494 e.